The van der Waals surface area contributed by atoms with E-state index >= 15 is 0 Å². The lowest BCUT2D eigenvalue weighted by atomic mass is 10.1. The van der Waals surface area contributed by atoms with Crippen molar-refractivity contribution in [1.29, 1.82) is 0 Å². The molecule has 0 unspecified atom stereocenters. The van der Waals surface area contributed by atoms with Crippen molar-refractivity contribution >= 4 is 0 Å². The number of para-hydroxylation sites is 1. The summed E-state index contributed by atoms with van der Waals surface area (Å²) in [6.45, 7) is 3.60. The van der Waals surface area contributed by atoms with Crippen LogP contribution in [0.15, 0.2) is 66.7 Å². The van der Waals surface area contributed by atoms with Gasteiger partial charge < -0.3 is 14.8 Å². The molecule has 27 heavy (non-hydrogen) atoms. The molecule has 3 aromatic rings. The van der Waals surface area contributed by atoms with E-state index in [0.29, 0.717) is 23.6 Å². The first-order valence-electron chi connectivity index (χ1n) is 8.95. The molecule has 0 aromatic heterocycles. The summed E-state index contributed by atoms with van der Waals surface area (Å²) in [6, 6.07) is 20.8. The van der Waals surface area contributed by atoms with Gasteiger partial charge in [0.2, 0.25) is 0 Å². The number of aryl methyl sites for hydroxylation is 1. The molecule has 0 spiro atoms. The molecular formula is C23H24FNO2. The maximum absolute atomic E-state index is 13.9. The first kappa shape index (κ1) is 18.9. The molecule has 0 bridgehead atoms. The summed E-state index contributed by atoms with van der Waals surface area (Å²) in [4.78, 5) is 0. The number of methoxy groups -OCH3 is 1. The summed E-state index contributed by atoms with van der Waals surface area (Å²) < 4.78 is 25.2. The van der Waals surface area contributed by atoms with Crippen LogP contribution in [0, 0.1) is 12.7 Å². The zero-order chi connectivity index (χ0) is 19.1. The van der Waals surface area contributed by atoms with Crippen molar-refractivity contribution < 1.29 is 13.9 Å². The number of rotatable bonds is 8. The van der Waals surface area contributed by atoms with Gasteiger partial charge in [-0.15, -0.1) is 0 Å². The molecule has 0 aliphatic rings. The van der Waals surface area contributed by atoms with Crippen LogP contribution < -0.4 is 14.8 Å². The Morgan fingerprint density at radius 3 is 2.33 bits per heavy atom. The van der Waals surface area contributed by atoms with Crippen molar-refractivity contribution in [2.45, 2.75) is 26.6 Å². The minimum Gasteiger partial charge on any atom is -0.493 e. The minimum atomic E-state index is -0.272. The van der Waals surface area contributed by atoms with Gasteiger partial charge in [0.15, 0.2) is 11.5 Å². The number of hydrogen-bond donors (Lipinski definition) is 1. The SMILES string of the molecule is COc1cccc(CNCc2ccc(C)cc2)c1OCc1ccccc1F. The summed E-state index contributed by atoms with van der Waals surface area (Å²) in [7, 11) is 1.61. The highest BCUT2D eigenvalue weighted by atomic mass is 19.1. The fourth-order valence-electron chi connectivity index (χ4n) is 2.84. The monoisotopic (exact) mass is 365 g/mol. The van der Waals surface area contributed by atoms with Crippen molar-refractivity contribution in [1.82, 2.24) is 5.32 Å². The van der Waals surface area contributed by atoms with Gasteiger partial charge in [-0.05, 0) is 24.6 Å². The first-order valence-corrected chi connectivity index (χ1v) is 8.95. The molecule has 4 heteroatoms. The van der Waals surface area contributed by atoms with E-state index in [2.05, 4.69) is 36.5 Å². The van der Waals surface area contributed by atoms with Gasteiger partial charge in [-0.3, -0.25) is 0 Å². The molecule has 0 heterocycles. The Morgan fingerprint density at radius 2 is 1.59 bits per heavy atom. The van der Waals surface area contributed by atoms with Gasteiger partial charge in [0.05, 0.1) is 7.11 Å². The van der Waals surface area contributed by atoms with Crippen molar-refractivity contribution in [3.63, 3.8) is 0 Å². The summed E-state index contributed by atoms with van der Waals surface area (Å²) in [5.41, 5.74) is 3.95. The molecule has 0 fully saturated rings. The van der Waals surface area contributed by atoms with Crippen LogP contribution in [0.4, 0.5) is 4.39 Å². The number of halogens is 1. The lowest BCUT2D eigenvalue weighted by molar-refractivity contribution is 0.276. The fourth-order valence-corrected chi connectivity index (χ4v) is 2.84. The average Bonchev–Trinajstić information content (AvgIpc) is 2.69. The molecule has 0 amide bonds. The lowest BCUT2D eigenvalue weighted by Crippen LogP contribution is -2.14. The van der Waals surface area contributed by atoms with Crippen LogP contribution in [0.3, 0.4) is 0 Å². The van der Waals surface area contributed by atoms with E-state index in [9.17, 15) is 4.39 Å². The molecule has 1 N–H and O–H groups in total. The Hall–Kier alpha value is -2.85. The molecule has 140 valence electrons. The highest BCUT2D eigenvalue weighted by Crippen LogP contribution is 2.32. The van der Waals surface area contributed by atoms with Gasteiger partial charge >= 0.3 is 0 Å². The highest BCUT2D eigenvalue weighted by molar-refractivity contribution is 5.46. The number of benzene rings is 3. The van der Waals surface area contributed by atoms with E-state index in [4.69, 9.17) is 9.47 Å². The van der Waals surface area contributed by atoms with Gasteiger partial charge in [-0.25, -0.2) is 4.39 Å². The first-order chi connectivity index (χ1) is 13.2. The Morgan fingerprint density at radius 1 is 0.852 bits per heavy atom. The van der Waals surface area contributed by atoms with Crippen molar-refractivity contribution in [2.75, 3.05) is 7.11 Å². The predicted molar refractivity (Wildman–Crippen MR) is 105 cm³/mol. The normalized spacial score (nSPS) is 10.6. The number of nitrogens with one attached hydrogen (secondary N) is 1. The lowest BCUT2D eigenvalue weighted by Gasteiger charge is -2.16. The molecule has 3 aromatic carbocycles. The standard InChI is InChI=1S/C23H24FNO2/c1-17-10-12-18(13-11-17)14-25-15-19-7-5-9-22(26-2)23(19)27-16-20-6-3-4-8-21(20)24/h3-13,25H,14-16H2,1-2H3. The van der Waals surface area contributed by atoms with Gasteiger partial charge in [0.25, 0.3) is 0 Å². The molecule has 0 saturated carbocycles. The molecule has 0 radical (unpaired) electrons. The third kappa shape index (κ3) is 5.08. The smallest absolute Gasteiger partial charge is 0.166 e. The quantitative estimate of drug-likeness (QED) is 0.609. The zero-order valence-electron chi connectivity index (χ0n) is 15.7. The molecule has 0 aliphatic carbocycles. The number of ether oxygens (including phenoxy) is 2. The van der Waals surface area contributed by atoms with Crippen molar-refractivity contribution in [2.24, 2.45) is 0 Å². The molecule has 3 nitrogen and oxygen atoms in total. The Balaban J connectivity index is 1.69. The van der Waals surface area contributed by atoms with Crippen molar-refractivity contribution in [3.05, 3.63) is 94.8 Å². The zero-order valence-corrected chi connectivity index (χ0v) is 15.7. The highest BCUT2D eigenvalue weighted by Gasteiger charge is 2.12. The molecule has 0 saturated heterocycles. The van der Waals surface area contributed by atoms with Crippen LogP contribution in [0.1, 0.15) is 22.3 Å². The summed E-state index contributed by atoms with van der Waals surface area (Å²) >= 11 is 0. The van der Waals surface area contributed by atoms with Crippen LogP contribution in [0.25, 0.3) is 0 Å². The third-order valence-corrected chi connectivity index (χ3v) is 4.38. The predicted octanol–water partition coefficient (Wildman–Crippen LogP) is 5.01. The summed E-state index contributed by atoms with van der Waals surface area (Å²) in [6.07, 6.45) is 0. The van der Waals surface area contributed by atoms with Gasteiger partial charge in [0, 0.05) is 24.2 Å². The molecule has 3 rings (SSSR count). The van der Waals surface area contributed by atoms with E-state index in [-0.39, 0.29) is 12.4 Å². The molecule has 0 atom stereocenters. The maximum Gasteiger partial charge on any atom is 0.166 e. The summed E-state index contributed by atoms with van der Waals surface area (Å²) in [5, 5.41) is 3.43. The van der Waals surface area contributed by atoms with E-state index in [1.165, 1.54) is 17.2 Å². The van der Waals surface area contributed by atoms with Crippen molar-refractivity contribution in [3.8, 4) is 11.5 Å². The molecular weight excluding hydrogens is 341 g/mol. The maximum atomic E-state index is 13.9. The van der Waals surface area contributed by atoms with E-state index in [1.807, 2.05) is 18.2 Å². The van der Waals surface area contributed by atoms with Crippen LogP contribution in [-0.2, 0) is 19.7 Å². The Labute approximate surface area is 159 Å². The van der Waals surface area contributed by atoms with Gasteiger partial charge in [0.1, 0.15) is 12.4 Å². The largest absolute Gasteiger partial charge is 0.493 e. The van der Waals surface area contributed by atoms with Crippen LogP contribution in [-0.4, -0.2) is 7.11 Å². The second-order valence-electron chi connectivity index (χ2n) is 6.42. The van der Waals surface area contributed by atoms with Crippen LogP contribution in [0.5, 0.6) is 11.5 Å². The summed E-state index contributed by atoms with van der Waals surface area (Å²) in [5.74, 6) is 1.01. The Kier molecular flexibility index (Phi) is 6.44. The van der Waals surface area contributed by atoms with Crippen LogP contribution in [0.2, 0.25) is 0 Å². The van der Waals surface area contributed by atoms with E-state index in [1.54, 1.807) is 25.3 Å². The van der Waals surface area contributed by atoms with Gasteiger partial charge in [-0.1, -0.05) is 60.2 Å². The second-order valence-corrected chi connectivity index (χ2v) is 6.42. The fraction of sp³-hybridized carbons (Fsp3) is 0.217. The van der Waals surface area contributed by atoms with Gasteiger partial charge in [-0.2, -0.15) is 0 Å². The van der Waals surface area contributed by atoms with Crippen LogP contribution >= 0.6 is 0 Å². The second kappa shape index (κ2) is 9.19. The number of hydrogen-bond acceptors (Lipinski definition) is 3. The third-order valence-electron chi connectivity index (χ3n) is 4.38. The minimum absolute atomic E-state index is 0.151. The van der Waals surface area contributed by atoms with E-state index in [0.717, 1.165) is 12.1 Å². The average molecular weight is 365 g/mol. The Bertz CT molecular complexity index is 878. The molecule has 0 aliphatic heterocycles. The topological polar surface area (TPSA) is 30.5 Å². The van der Waals surface area contributed by atoms with E-state index < -0.39 is 0 Å².